The van der Waals surface area contributed by atoms with E-state index in [9.17, 15) is 5.26 Å². The van der Waals surface area contributed by atoms with E-state index in [1.807, 2.05) is 39.0 Å². The van der Waals surface area contributed by atoms with Gasteiger partial charge in [0.05, 0.1) is 5.56 Å². The fourth-order valence-electron chi connectivity index (χ4n) is 1.56. The van der Waals surface area contributed by atoms with Crippen LogP contribution in [0.3, 0.4) is 0 Å². The van der Waals surface area contributed by atoms with Gasteiger partial charge in [0, 0.05) is 0 Å². The second-order valence-electron chi connectivity index (χ2n) is 5.20. The van der Waals surface area contributed by atoms with Crippen molar-refractivity contribution in [3.63, 3.8) is 0 Å². The van der Waals surface area contributed by atoms with Crippen LogP contribution in [-0.4, -0.2) is 5.60 Å². The van der Waals surface area contributed by atoms with Crippen molar-refractivity contribution in [3.05, 3.63) is 29.3 Å². The minimum atomic E-state index is -0.277. The van der Waals surface area contributed by atoms with Crippen LogP contribution in [0.4, 0.5) is 0 Å². The normalized spacial score (nSPS) is 11.3. The predicted octanol–water partition coefficient (Wildman–Crippen LogP) is 3.86. The van der Waals surface area contributed by atoms with Gasteiger partial charge in [-0.2, -0.15) is 5.26 Å². The molecule has 86 valence electrons. The molecule has 2 nitrogen and oxygen atoms in total. The van der Waals surface area contributed by atoms with Crippen LogP contribution in [-0.2, 0) is 0 Å². The molecule has 0 atom stereocenters. The van der Waals surface area contributed by atoms with Gasteiger partial charge in [0.1, 0.15) is 17.4 Å². The van der Waals surface area contributed by atoms with Crippen LogP contribution in [0.25, 0.3) is 0 Å². The number of benzene rings is 1. The molecule has 0 bridgehead atoms. The molecular formula is C14H19NO. The Hall–Kier alpha value is -1.49. The summed E-state index contributed by atoms with van der Waals surface area (Å²) in [5.41, 5.74) is 1.43. The molecule has 0 saturated heterocycles. The zero-order chi connectivity index (χ0) is 12.3. The summed E-state index contributed by atoms with van der Waals surface area (Å²) in [7, 11) is 0. The monoisotopic (exact) mass is 217 g/mol. The molecule has 0 radical (unpaired) electrons. The van der Waals surface area contributed by atoms with Crippen LogP contribution in [0.2, 0.25) is 0 Å². The third-order valence-electron chi connectivity index (χ3n) is 2.21. The van der Waals surface area contributed by atoms with Crippen molar-refractivity contribution < 1.29 is 4.74 Å². The number of ether oxygens (including phenoxy) is 1. The van der Waals surface area contributed by atoms with Crippen molar-refractivity contribution in [3.8, 4) is 11.8 Å². The van der Waals surface area contributed by atoms with E-state index in [-0.39, 0.29) is 5.60 Å². The second-order valence-corrected chi connectivity index (χ2v) is 5.20. The molecule has 0 aromatic heterocycles. The number of rotatable bonds is 2. The van der Waals surface area contributed by atoms with Crippen molar-refractivity contribution >= 4 is 0 Å². The van der Waals surface area contributed by atoms with E-state index < -0.39 is 0 Å². The first-order valence-electron chi connectivity index (χ1n) is 5.57. The topological polar surface area (TPSA) is 33.0 Å². The van der Waals surface area contributed by atoms with Crippen LogP contribution in [0, 0.1) is 11.3 Å². The summed E-state index contributed by atoms with van der Waals surface area (Å²) in [5.74, 6) is 1.01. The zero-order valence-electron chi connectivity index (χ0n) is 10.7. The van der Waals surface area contributed by atoms with Gasteiger partial charge in [-0.3, -0.25) is 0 Å². The fraction of sp³-hybridized carbons (Fsp3) is 0.500. The summed E-state index contributed by atoms with van der Waals surface area (Å²) >= 11 is 0. The van der Waals surface area contributed by atoms with Gasteiger partial charge >= 0.3 is 0 Å². The molecular weight excluding hydrogens is 198 g/mol. The van der Waals surface area contributed by atoms with E-state index in [0.29, 0.717) is 17.2 Å². The highest BCUT2D eigenvalue weighted by Gasteiger charge is 2.17. The first-order valence-corrected chi connectivity index (χ1v) is 5.57. The van der Waals surface area contributed by atoms with Crippen LogP contribution in [0.1, 0.15) is 51.7 Å². The Kier molecular flexibility index (Phi) is 3.59. The maximum Gasteiger partial charge on any atom is 0.138 e. The number of hydrogen-bond donors (Lipinski definition) is 0. The Bertz CT molecular complexity index is 408. The quantitative estimate of drug-likeness (QED) is 0.753. The smallest absolute Gasteiger partial charge is 0.138 e. The first-order chi connectivity index (χ1) is 7.35. The maximum atomic E-state index is 9.21. The summed E-state index contributed by atoms with van der Waals surface area (Å²) in [4.78, 5) is 0. The lowest BCUT2D eigenvalue weighted by Gasteiger charge is -2.23. The summed E-state index contributed by atoms with van der Waals surface area (Å²) in [5, 5.41) is 9.21. The number of nitrogens with zero attached hydrogens (tertiary/aromatic N) is 1. The molecule has 0 N–H and O–H groups in total. The Labute approximate surface area is 97.9 Å². The van der Waals surface area contributed by atoms with Gasteiger partial charge in [-0.1, -0.05) is 26.0 Å². The van der Waals surface area contributed by atoms with E-state index in [0.717, 1.165) is 5.56 Å². The molecule has 0 heterocycles. The van der Waals surface area contributed by atoms with Gasteiger partial charge in [-0.25, -0.2) is 0 Å². The molecule has 0 aliphatic rings. The van der Waals surface area contributed by atoms with Crippen LogP contribution in [0.5, 0.6) is 5.75 Å². The highest BCUT2D eigenvalue weighted by atomic mass is 16.5. The van der Waals surface area contributed by atoms with Gasteiger partial charge < -0.3 is 4.74 Å². The molecule has 0 amide bonds. The van der Waals surface area contributed by atoms with E-state index in [1.54, 1.807) is 0 Å². The average Bonchev–Trinajstić information content (AvgIpc) is 2.14. The van der Waals surface area contributed by atoms with E-state index in [1.165, 1.54) is 0 Å². The fourth-order valence-corrected chi connectivity index (χ4v) is 1.56. The summed E-state index contributed by atoms with van der Waals surface area (Å²) in [6.45, 7) is 10.1. The third-order valence-corrected chi connectivity index (χ3v) is 2.21. The minimum absolute atomic E-state index is 0.277. The van der Waals surface area contributed by atoms with Crippen LogP contribution in [0.15, 0.2) is 18.2 Å². The Morgan fingerprint density at radius 3 is 2.31 bits per heavy atom. The lowest BCUT2D eigenvalue weighted by Crippen LogP contribution is -2.23. The van der Waals surface area contributed by atoms with Crippen molar-refractivity contribution in [2.75, 3.05) is 0 Å². The van der Waals surface area contributed by atoms with Crippen molar-refractivity contribution in [1.82, 2.24) is 0 Å². The summed E-state index contributed by atoms with van der Waals surface area (Å²) in [6, 6.07) is 8.03. The first kappa shape index (κ1) is 12.6. The van der Waals surface area contributed by atoms with Crippen LogP contribution >= 0.6 is 0 Å². The second kappa shape index (κ2) is 4.57. The molecule has 2 heteroatoms. The number of hydrogen-bond acceptors (Lipinski definition) is 2. The Morgan fingerprint density at radius 2 is 1.88 bits per heavy atom. The van der Waals surface area contributed by atoms with Crippen molar-refractivity contribution in [1.29, 1.82) is 5.26 Å². The van der Waals surface area contributed by atoms with Gasteiger partial charge in [-0.15, -0.1) is 0 Å². The molecule has 1 aromatic carbocycles. The van der Waals surface area contributed by atoms with E-state index in [4.69, 9.17) is 4.74 Å². The molecule has 16 heavy (non-hydrogen) atoms. The van der Waals surface area contributed by atoms with Crippen molar-refractivity contribution in [2.24, 2.45) is 0 Å². The zero-order valence-corrected chi connectivity index (χ0v) is 10.7. The highest BCUT2D eigenvalue weighted by molar-refractivity contribution is 5.50. The average molecular weight is 217 g/mol. The summed E-state index contributed by atoms with van der Waals surface area (Å²) < 4.78 is 5.79. The van der Waals surface area contributed by atoms with Crippen LogP contribution < -0.4 is 4.74 Å². The molecule has 0 aliphatic carbocycles. The predicted molar refractivity (Wildman–Crippen MR) is 65.6 cm³/mol. The van der Waals surface area contributed by atoms with Gasteiger partial charge in [0.25, 0.3) is 0 Å². The van der Waals surface area contributed by atoms with E-state index in [2.05, 4.69) is 19.9 Å². The molecule has 1 rings (SSSR count). The molecule has 0 saturated carbocycles. The largest absolute Gasteiger partial charge is 0.487 e. The Balaban J connectivity index is 3.21. The lowest BCUT2D eigenvalue weighted by molar-refractivity contribution is 0.130. The van der Waals surface area contributed by atoms with Gasteiger partial charge in [-0.05, 0) is 38.3 Å². The molecule has 0 aliphatic heterocycles. The number of nitriles is 1. The summed E-state index contributed by atoms with van der Waals surface area (Å²) in [6.07, 6.45) is 0. The van der Waals surface area contributed by atoms with Gasteiger partial charge in [0.15, 0.2) is 0 Å². The molecule has 0 fully saturated rings. The van der Waals surface area contributed by atoms with Crippen molar-refractivity contribution in [2.45, 2.75) is 46.1 Å². The van der Waals surface area contributed by atoms with E-state index >= 15 is 0 Å². The lowest BCUT2D eigenvalue weighted by atomic mass is 9.97. The standard InChI is InChI=1S/C14H19NO/c1-10(2)11-7-6-8-13(12(11)9-15)16-14(3,4)5/h6-8,10H,1-5H3. The SMILES string of the molecule is CC(C)c1cccc(OC(C)(C)C)c1C#N. The minimum Gasteiger partial charge on any atom is -0.487 e. The maximum absolute atomic E-state index is 9.21. The highest BCUT2D eigenvalue weighted by Crippen LogP contribution is 2.29. The van der Waals surface area contributed by atoms with Gasteiger partial charge in [0.2, 0.25) is 0 Å². The molecule has 1 aromatic rings. The molecule has 0 spiro atoms. The molecule has 0 unspecified atom stereocenters. The Morgan fingerprint density at radius 1 is 1.25 bits per heavy atom. The third kappa shape index (κ3) is 3.00.